The van der Waals surface area contributed by atoms with Gasteiger partial charge >= 0.3 is 0 Å². The molecule has 1 fully saturated rings. The minimum Gasteiger partial charge on any atom is -0.390 e. The van der Waals surface area contributed by atoms with E-state index in [-0.39, 0.29) is 6.61 Å². The van der Waals surface area contributed by atoms with Crippen molar-refractivity contribution in [3.05, 3.63) is 17.8 Å². The van der Waals surface area contributed by atoms with Crippen molar-refractivity contribution in [3.8, 4) is 0 Å². The molecule has 1 N–H and O–H groups in total. The Balaban J connectivity index is 1.94. The van der Waals surface area contributed by atoms with E-state index in [1.165, 1.54) is 19.3 Å². The van der Waals surface area contributed by atoms with Crippen molar-refractivity contribution < 1.29 is 5.11 Å². The Morgan fingerprint density at radius 2 is 2.20 bits per heavy atom. The Morgan fingerprint density at radius 3 is 2.67 bits per heavy atom. The second kappa shape index (κ2) is 4.57. The molecule has 1 aliphatic rings. The Hall–Kier alpha value is -1.16. The lowest BCUT2D eigenvalue weighted by Crippen LogP contribution is -2.30. The molecule has 0 spiro atoms. The molecular weight excluding hydrogens is 190 g/mol. The molecule has 0 unspecified atom stereocenters. The lowest BCUT2D eigenvalue weighted by molar-refractivity contribution is 0.275. The number of rotatable bonds is 4. The molecule has 1 aromatic rings. The normalized spacial score (nSPS) is 16.1. The van der Waals surface area contributed by atoms with Crippen molar-refractivity contribution in [3.63, 3.8) is 0 Å². The van der Waals surface area contributed by atoms with E-state index < -0.39 is 0 Å². The average molecular weight is 207 g/mol. The van der Waals surface area contributed by atoms with Gasteiger partial charge < -0.3 is 10.0 Å². The molecular formula is C11H17N3O. The van der Waals surface area contributed by atoms with Gasteiger partial charge in [-0.3, -0.25) is 0 Å². The van der Waals surface area contributed by atoms with Crippen LogP contribution in [0.25, 0.3) is 0 Å². The van der Waals surface area contributed by atoms with Crippen LogP contribution in [0.2, 0.25) is 0 Å². The van der Waals surface area contributed by atoms with E-state index in [0.717, 1.165) is 18.3 Å². The van der Waals surface area contributed by atoms with Gasteiger partial charge in [0.15, 0.2) is 5.82 Å². The van der Waals surface area contributed by atoms with Gasteiger partial charge in [-0.15, -0.1) is 5.10 Å². The fourth-order valence-electron chi connectivity index (χ4n) is 1.80. The largest absolute Gasteiger partial charge is 0.390 e. The molecule has 4 nitrogen and oxygen atoms in total. The maximum Gasteiger partial charge on any atom is 0.150 e. The quantitative estimate of drug-likeness (QED) is 0.806. The molecule has 0 aliphatic heterocycles. The highest BCUT2D eigenvalue weighted by atomic mass is 16.3. The van der Waals surface area contributed by atoms with Crippen LogP contribution in [-0.4, -0.2) is 28.9 Å². The van der Waals surface area contributed by atoms with Crippen molar-refractivity contribution >= 4 is 5.82 Å². The van der Waals surface area contributed by atoms with Gasteiger partial charge in [-0.05, 0) is 30.9 Å². The van der Waals surface area contributed by atoms with E-state index in [0.29, 0.717) is 5.69 Å². The Kier molecular flexibility index (Phi) is 3.16. The van der Waals surface area contributed by atoms with E-state index in [2.05, 4.69) is 15.1 Å². The van der Waals surface area contributed by atoms with Gasteiger partial charge in [-0.25, -0.2) is 0 Å². The van der Waals surface area contributed by atoms with Crippen LogP contribution >= 0.6 is 0 Å². The molecule has 2 rings (SSSR count). The molecule has 1 heterocycles. The third-order valence-corrected chi connectivity index (χ3v) is 3.02. The Morgan fingerprint density at radius 1 is 1.40 bits per heavy atom. The van der Waals surface area contributed by atoms with Gasteiger partial charge in [0, 0.05) is 13.6 Å². The summed E-state index contributed by atoms with van der Waals surface area (Å²) in [5.74, 6) is 1.72. The average Bonchev–Trinajstić information content (AvgIpc) is 2.23. The lowest BCUT2D eigenvalue weighted by atomic mass is 9.85. The monoisotopic (exact) mass is 207 g/mol. The molecule has 0 aromatic carbocycles. The highest BCUT2D eigenvalue weighted by Crippen LogP contribution is 2.27. The molecule has 15 heavy (non-hydrogen) atoms. The minimum absolute atomic E-state index is 0.0420. The molecule has 0 bridgehead atoms. The van der Waals surface area contributed by atoms with Crippen molar-refractivity contribution in [2.75, 3.05) is 18.5 Å². The summed E-state index contributed by atoms with van der Waals surface area (Å²) in [5.41, 5.74) is 0.621. The highest BCUT2D eigenvalue weighted by molar-refractivity contribution is 5.36. The van der Waals surface area contributed by atoms with Crippen molar-refractivity contribution in [2.45, 2.75) is 25.9 Å². The Bertz CT molecular complexity index is 308. The van der Waals surface area contributed by atoms with E-state index in [1.54, 1.807) is 0 Å². The van der Waals surface area contributed by atoms with E-state index in [1.807, 2.05) is 19.2 Å². The standard InChI is InChI=1S/C11H17N3O/c1-14(7-9-3-2-4-9)11-6-5-10(8-15)12-13-11/h5-6,9,15H,2-4,7-8H2,1H3. The predicted molar refractivity (Wildman–Crippen MR) is 58.6 cm³/mol. The molecule has 1 aliphatic carbocycles. The Labute approximate surface area is 89.9 Å². The number of hydrogen-bond acceptors (Lipinski definition) is 4. The smallest absolute Gasteiger partial charge is 0.150 e. The number of aliphatic hydroxyl groups excluding tert-OH is 1. The lowest BCUT2D eigenvalue weighted by Gasteiger charge is -2.30. The van der Waals surface area contributed by atoms with Gasteiger partial charge in [0.1, 0.15) is 0 Å². The first kappa shape index (κ1) is 10.4. The molecule has 1 aromatic heterocycles. The molecule has 4 heteroatoms. The number of hydrogen-bond donors (Lipinski definition) is 1. The minimum atomic E-state index is -0.0420. The molecule has 82 valence electrons. The van der Waals surface area contributed by atoms with Crippen LogP contribution in [0.4, 0.5) is 5.82 Å². The van der Waals surface area contributed by atoms with E-state index in [4.69, 9.17) is 5.11 Å². The first-order valence-electron chi connectivity index (χ1n) is 5.44. The van der Waals surface area contributed by atoms with Gasteiger partial charge in [0.25, 0.3) is 0 Å². The zero-order chi connectivity index (χ0) is 10.7. The number of aliphatic hydroxyl groups is 1. The third-order valence-electron chi connectivity index (χ3n) is 3.02. The maximum absolute atomic E-state index is 8.84. The maximum atomic E-state index is 8.84. The van der Waals surface area contributed by atoms with Gasteiger partial charge in [0.2, 0.25) is 0 Å². The first-order valence-corrected chi connectivity index (χ1v) is 5.44. The van der Waals surface area contributed by atoms with Gasteiger partial charge in [-0.1, -0.05) is 6.42 Å². The van der Waals surface area contributed by atoms with Gasteiger partial charge in [0.05, 0.1) is 12.3 Å². The summed E-state index contributed by atoms with van der Waals surface area (Å²) < 4.78 is 0. The van der Waals surface area contributed by atoms with E-state index in [9.17, 15) is 0 Å². The first-order chi connectivity index (χ1) is 7.29. The van der Waals surface area contributed by atoms with Crippen LogP contribution in [0.15, 0.2) is 12.1 Å². The second-order valence-electron chi connectivity index (χ2n) is 4.22. The number of anilines is 1. The summed E-state index contributed by atoms with van der Waals surface area (Å²) in [6, 6.07) is 3.73. The zero-order valence-corrected chi connectivity index (χ0v) is 9.06. The van der Waals surface area contributed by atoms with Crippen LogP contribution in [0.3, 0.4) is 0 Å². The molecule has 0 radical (unpaired) electrons. The van der Waals surface area contributed by atoms with Crippen molar-refractivity contribution in [1.29, 1.82) is 0 Å². The second-order valence-corrected chi connectivity index (χ2v) is 4.22. The van der Waals surface area contributed by atoms with Crippen LogP contribution in [0, 0.1) is 5.92 Å². The zero-order valence-electron chi connectivity index (χ0n) is 9.06. The highest BCUT2D eigenvalue weighted by Gasteiger charge is 2.19. The van der Waals surface area contributed by atoms with Crippen LogP contribution in [0.5, 0.6) is 0 Å². The van der Waals surface area contributed by atoms with Crippen molar-refractivity contribution in [2.24, 2.45) is 5.92 Å². The molecule has 0 atom stereocenters. The summed E-state index contributed by atoms with van der Waals surface area (Å²) in [7, 11) is 2.04. The molecule has 1 saturated carbocycles. The number of aromatic nitrogens is 2. The summed E-state index contributed by atoms with van der Waals surface area (Å²) in [6.45, 7) is 1.02. The van der Waals surface area contributed by atoms with Gasteiger partial charge in [-0.2, -0.15) is 5.10 Å². The summed E-state index contributed by atoms with van der Waals surface area (Å²) in [5, 5.41) is 16.8. The summed E-state index contributed by atoms with van der Waals surface area (Å²) in [4.78, 5) is 2.14. The topological polar surface area (TPSA) is 49.2 Å². The molecule has 0 saturated heterocycles. The number of nitrogens with zero attached hydrogens (tertiary/aromatic N) is 3. The van der Waals surface area contributed by atoms with Crippen LogP contribution < -0.4 is 4.90 Å². The molecule has 0 amide bonds. The third kappa shape index (κ3) is 2.45. The fourth-order valence-corrected chi connectivity index (χ4v) is 1.80. The van der Waals surface area contributed by atoms with E-state index >= 15 is 0 Å². The van der Waals surface area contributed by atoms with Crippen LogP contribution in [-0.2, 0) is 6.61 Å². The summed E-state index contributed by atoms with van der Waals surface area (Å²) >= 11 is 0. The predicted octanol–water partition coefficient (Wildman–Crippen LogP) is 1.21. The fraction of sp³-hybridized carbons (Fsp3) is 0.636. The summed E-state index contributed by atoms with van der Waals surface area (Å²) in [6.07, 6.45) is 4.05. The SMILES string of the molecule is CN(CC1CCC1)c1ccc(CO)nn1. The van der Waals surface area contributed by atoms with Crippen molar-refractivity contribution in [1.82, 2.24) is 10.2 Å². The van der Waals surface area contributed by atoms with Crippen LogP contribution in [0.1, 0.15) is 25.0 Å².